The fraction of sp³-hybridized carbons (Fsp3) is 0.786. The van der Waals surface area contributed by atoms with Crippen molar-refractivity contribution in [2.24, 2.45) is 5.73 Å². The van der Waals surface area contributed by atoms with Crippen LogP contribution in [0, 0.1) is 0 Å². The molecule has 3 rings (SSSR count). The summed E-state index contributed by atoms with van der Waals surface area (Å²) in [7, 11) is 1.63. The SMILES string of the molecule is COCCN1CC(c2nc(C3(N)CCCC3)no2)CC1=O. The van der Waals surface area contributed by atoms with Crippen LogP contribution in [0.4, 0.5) is 0 Å². The van der Waals surface area contributed by atoms with Crippen LogP contribution in [-0.2, 0) is 15.1 Å². The highest BCUT2D eigenvalue weighted by atomic mass is 16.5. The van der Waals surface area contributed by atoms with E-state index in [0.29, 0.717) is 37.8 Å². The molecule has 21 heavy (non-hydrogen) atoms. The summed E-state index contributed by atoms with van der Waals surface area (Å²) in [6.45, 7) is 1.76. The molecule has 2 aliphatic rings. The standard InChI is InChI=1S/C14H22N4O3/c1-20-7-6-18-9-10(8-11(18)19)12-16-13(17-21-12)14(15)4-2-3-5-14/h10H,2-9,15H2,1H3. The predicted octanol–water partition coefficient (Wildman–Crippen LogP) is 0.760. The molecule has 7 heteroatoms. The highest BCUT2D eigenvalue weighted by Crippen LogP contribution is 2.36. The van der Waals surface area contributed by atoms with Crippen LogP contribution < -0.4 is 5.73 Å². The molecule has 1 saturated carbocycles. The number of carbonyl (C=O) groups is 1. The Morgan fingerprint density at radius 1 is 1.48 bits per heavy atom. The van der Waals surface area contributed by atoms with E-state index in [2.05, 4.69) is 10.1 Å². The summed E-state index contributed by atoms with van der Waals surface area (Å²) in [6, 6.07) is 0. The summed E-state index contributed by atoms with van der Waals surface area (Å²) in [6.07, 6.45) is 4.42. The number of methoxy groups -OCH3 is 1. The van der Waals surface area contributed by atoms with Gasteiger partial charge in [0.25, 0.3) is 0 Å². The molecule has 1 amide bonds. The fourth-order valence-corrected chi connectivity index (χ4v) is 3.19. The molecular weight excluding hydrogens is 272 g/mol. The third-order valence-corrected chi connectivity index (χ3v) is 4.51. The van der Waals surface area contributed by atoms with Crippen molar-refractivity contribution in [1.82, 2.24) is 15.0 Å². The molecule has 2 heterocycles. The smallest absolute Gasteiger partial charge is 0.232 e. The maximum absolute atomic E-state index is 11.9. The maximum Gasteiger partial charge on any atom is 0.232 e. The van der Waals surface area contributed by atoms with Gasteiger partial charge in [0, 0.05) is 26.6 Å². The van der Waals surface area contributed by atoms with Crippen molar-refractivity contribution >= 4 is 5.91 Å². The van der Waals surface area contributed by atoms with Crippen LogP contribution in [0.15, 0.2) is 4.52 Å². The molecule has 1 aromatic rings. The zero-order valence-corrected chi connectivity index (χ0v) is 12.4. The molecule has 1 atom stereocenters. The van der Waals surface area contributed by atoms with E-state index in [9.17, 15) is 4.79 Å². The lowest BCUT2D eigenvalue weighted by Gasteiger charge is -2.17. The number of rotatable bonds is 5. The number of nitrogens with two attached hydrogens (primary N) is 1. The highest BCUT2D eigenvalue weighted by Gasteiger charge is 2.39. The summed E-state index contributed by atoms with van der Waals surface area (Å²) >= 11 is 0. The number of likely N-dealkylation sites (tertiary alicyclic amines) is 1. The number of amides is 1. The molecular formula is C14H22N4O3. The van der Waals surface area contributed by atoms with Gasteiger partial charge in [0.15, 0.2) is 5.82 Å². The number of ether oxygens (including phenoxy) is 1. The lowest BCUT2D eigenvalue weighted by molar-refractivity contribution is -0.128. The molecule has 0 aromatic carbocycles. The van der Waals surface area contributed by atoms with E-state index in [1.165, 1.54) is 0 Å². The molecule has 1 unspecified atom stereocenters. The second-order valence-corrected chi connectivity index (χ2v) is 6.05. The fourth-order valence-electron chi connectivity index (χ4n) is 3.19. The normalized spacial score (nSPS) is 25.0. The Bertz CT molecular complexity index is 510. The third-order valence-electron chi connectivity index (χ3n) is 4.51. The van der Waals surface area contributed by atoms with E-state index in [-0.39, 0.29) is 11.8 Å². The topological polar surface area (TPSA) is 94.5 Å². The van der Waals surface area contributed by atoms with Crippen LogP contribution in [0.5, 0.6) is 0 Å². The van der Waals surface area contributed by atoms with Crippen LogP contribution in [0.25, 0.3) is 0 Å². The lowest BCUT2D eigenvalue weighted by Crippen LogP contribution is -2.34. The Morgan fingerprint density at radius 3 is 2.95 bits per heavy atom. The Hall–Kier alpha value is -1.47. The third kappa shape index (κ3) is 2.80. The van der Waals surface area contributed by atoms with Gasteiger partial charge in [0.1, 0.15) is 0 Å². The molecule has 1 aromatic heterocycles. The minimum Gasteiger partial charge on any atom is -0.383 e. The molecule has 7 nitrogen and oxygen atoms in total. The van der Waals surface area contributed by atoms with Crippen LogP contribution in [0.2, 0.25) is 0 Å². The van der Waals surface area contributed by atoms with Gasteiger partial charge in [-0.1, -0.05) is 18.0 Å². The van der Waals surface area contributed by atoms with Crippen molar-refractivity contribution in [3.63, 3.8) is 0 Å². The summed E-state index contributed by atoms with van der Waals surface area (Å²) in [5.41, 5.74) is 5.89. The lowest BCUT2D eigenvalue weighted by atomic mass is 9.98. The van der Waals surface area contributed by atoms with Crippen LogP contribution in [0.1, 0.15) is 49.7 Å². The maximum atomic E-state index is 11.9. The largest absolute Gasteiger partial charge is 0.383 e. The Balaban J connectivity index is 1.68. The van der Waals surface area contributed by atoms with Gasteiger partial charge in [-0.05, 0) is 12.8 Å². The average molecular weight is 294 g/mol. The average Bonchev–Trinajstić information content (AvgIpc) is 3.16. The van der Waals surface area contributed by atoms with Crippen LogP contribution in [-0.4, -0.2) is 47.8 Å². The molecule has 116 valence electrons. The van der Waals surface area contributed by atoms with E-state index >= 15 is 0 Å². The number of carbonyl (C=O) groups excluding carboxylic acids is 1. The second-order valence-electron chi connectivity index (χ2n) is 6.05. The minimum atomic E-state index is -0.444. The number of hydrogen-bond acceptors (Lipinski definition) is 6. The van der Waals surface area contributed by atoms with Gasteiger partial charge >= 0.3 is 0 Å². The molecule has 0 bridgehead atoms. The first kappa shape index (κ1) is 14.5. The Kier molecular flexibility index (Phi) is 3.95. The molecule has 2 fully saturated rings. The number of aromatic nitrogens is 2. The van der Waals surface area contributed by atoms with Gasteiger partial charge in [0.2, 0.25) is 11.8 Å². The quantitative estimate of drug-likeness (QED) is 0.861. The number of nitrogens with zero attached hydrogens (tertiary/aromatic N) is 3. The molecule has 1 aliphatic carbocycles. The monoisotopic (exact) mass is 294 g/mol. The van der Waals surface area contributed by atoms with Gasteiger partial charge in [-0.3, -0.25) is 4.79 Å². The summed E-state index contributed by atoms with van der Waals surface area (Å²) in [5.74, 6) is 1.22. The van der Waals surface area contributed by atoms with Crippen molar-refractivity contribution in [1.29, 1.82) is 0 Å². The van der Waals surface area contributed by atoms with Crippen molar-refractivity contribution in [2.45, 2.75) is 43.6 Å². The van der Waals surface area contributed by atoms with E-state index in [1.54, 1.807) is 12.0 Å². The zero-order chi connectivity index (χ0) is 14.9. The van der Waals surface area contributed by atoms with E-state index in [0.717, 1.165) is 25.7 Å². The predicted molar refractivity (Wildman–Crippen MR) is 74.4 cm³/mol. The van der Waals surface area contributed by atoms with Gasteiger partial charge in [-0.25, -0.2) is 0 Å². The zero-order valence-electron chi connectivity index (χ0n) is 12.4. The van der Waals surface area contributed by atoms with Crippen molar-refractivity contribution in [3.05, 3.63) is 11.7 Å². The molecule has 0 radical (unpaired) electrons. The van der Waals surface area contributed by atoms with Gasteiger partial charge in [0.05, 0.1) is 18.1 Å². The van der Waals surface area contributed by atoms with Crippen LogP contribution >= 0.6 is 0 Å². The van der Waals surface area contributed by atoms with E-state index < -0.39 is 5.54 Å². The second kappa shape index (κ2) is 5.73. The van der Waals surface area contributed by atoms with Crippen molar-refractivity contribution in [3.8, 4) is 0 Å². The first-order valence-corrected chi connectivity index (χ1v) is 7.52. The summed E-state index contributed by atoms with van der Waals surface area (Å²) in [5, 5.41) is 4.06. The van der Waals surface area contributed by atoms with Gasteiger partial charge in [-0.15, -0.1) is 0 Å². The Labute approximate surface area is 123 Å². The molecule has 1 aliphatic heterocycles. The van der Waals surface area contributed by atoms with Gasteiger partial charge < -0.3 is 19.9 Å². The van der Waals surface area contributed by atoms with E-state index in [1.807, 2.05) is 0 Å². The van der Waals surface area contributed by atoms with Crippen molar-refractivity contribution < 1.29 is 14.1 Å². The molecule has 1 saturated heterocycles. The van der Waals surface area contributed by atoms with E-state index in [4.69, 9.17) is 15.0 Å². The summed E-state index contributed by atoms with van der Waals surface area (Å²) < 4.78 is 10.4. The first-order chi connectivity index (χ1) is 10.1. The molecule has 0 spiro atoms. The highest BCUT2D eigenvalue weighted by molar-refractivity contribution is 5.79. The Morgan fingerprint density at radius 2 is 2.24 bits per heavy atom. The van der Waals surface area contributed by atoms with Crippen LogP contribution in [0.3, 0.4) is 0 Å². The van der Waals surface area contributed by atoms with Gasteiger partial charge in [-0.2, -0.15) is 4.98 Å². The van der Waals surface area contributed by atoms with Crippen molar-refractivity contribution in [2.75, 3.05) is 26.8 Å². The number of hydrogen-bond donors (Lipinski definition) is 1. The summed E-state index contributed by atoms with van der Waals surface area (Å²) in [4.78, 5) is 18.2. The minimum absolute atomic E-state index is 0.0272. The molecule has 2 N–H and O–H groups in total. The first-order valence-electron chi connectivity index (χ1n) is 7.52.